The van der Waals surface area contributed by atoms with E-state index in [0.29, 0.717) is 17.0 Å². The van der Waals surface area contributed by atoms with Crippen LogP contribution in [-0.2, 0) is 15.6 Å². The quantitative estimate of drug-likeness (QED) is 0.900. The summed E-state index contributed by atoms with van der Waals surface area (Å²) in [7, 11) is -3.05. The predicted molar refractivity (Wildman–Crippen MR) is 90.9 cm³/mol. The lowest BCUT2D eigenvalue weighted by molar-refractivity contribution is 0.0915. The summed E-state index contributed by atoms with van der Waals surface area (Å²) in [6, 6.07) is 7.07. The lowest BCUT2D eigenvalue weighted by Gasteiger charge is -2.28. The van der Waals surface area contributed by atoms with Gasteiger partial charge < -0.3 is 5.32 Å². The van der Waals surface area contributed by atoms with E-state index >= 15 is 0 Å². The van der Waals surface area contributed by atoms with Crippen LogP contribution in [0.5, 0.6) is 0 Å². The van der Waals surface area contributed by atoms with Crippen LogP contribution in [0.15, 0.2) is 24.3 Å². The van der Waals surface area contributed by atoms with Gasteiger partial charge in [-0.25, -0.2) is 8.42 Å². The molecule has 4 atom stereocenters. The second-order valence-corrected chi connectivity index (χ2v) is 9.51. The molecule has 2 saturated carbocycles. The maximum Gasteiger partial charge on any atom is 0.251 e. The van der Waals surface area contributed by atoms with Gasteiger partial charge in [0.15, 0.2) is 9.84 Å². The molecular formula is C18H25NO3S. The number of carbonyl (C=O) groups excluding carboxylic acids is 1. The highest BCUT2D eigenvalue weighted by molar-refractivity contribution is 7.89. The zero-order valence-electron chi connectivity index (χ0n) is 13.8. The third-order valence-corrected chi connectivity index (χ3v) is 6.30. The lowest BCUT2D eigenvalue weighted by Crippen LogP contribution is -2.40. The molecule has 4 nitrogen and oxygen atoms in total. The topological polar surface area (TPSA) is 63.2 Å². The molecule has 2 aliphatic rings. The van der Waals surface area contributed by atoms with Crippen molar-refractivity contribution in [2.45, 2.75) is 44.4 Å². The number of sulfone groups is 1. The van der Waals surface area contributed by atoms with Gasteiger partial charge in [0.25, 0.3) is 5.91 Å². The van der Waals surface area contributed by atoms with E-state index in [1.54, 1.807) is 24.3 Å². The van der Waals surface area contributed by atoms with Crippen LogP contribution in [0.25, 0.3) is 0 Å². The van der Waals surface area contributed by atoms with E-state index in [1.165, 1.54) is 31.9 Å². The van der Waals surface area contributed by atoms with Crippen molar-refractivity contribution in [1.82, 2.24) is 5.32 Å². The van der Waals surface area contributed by atoms with Gasteiger partial charge in [-0.3, -0.25) is 4.79 Å². The highest BCUT2D eigenvalue weighted by atomic mass is 32.2. The Morgan fingerprint density at radius 1 is 1.22 bits per heavy atom. The van der Waals surface area contributed by atoms with Gasteiger partial charge in [0.2, 0.25) is 0 Å². The van der Waals surface area contributed by atoms with Crippen molar-refractivity contribution >= 4 is 15.7 Å². The molecular weight excluding hydrogens is 310 g/mol. The number of nitrogens with one attached hydrogen (secondary N) is 1. The molecule has 2 bridgehead atoms. The summed E-state index contributed by atoms with van der Waals surface area (Å²) < 4.78 is 22.6. The third-order valence-electron chi connectivity index (χ3n) is 5.44. The first-order valence-corrected chi connectivity index (χ1v) is 10.5. The van der Waals surface area contributed by atoms with Gasteiger partial charge in [0.05, 0.1) is 5.75 Å². The number of rotatable bonds is 5. The maximum atomic E-state index is 12.4. The van der Waals surface area contributed by atoms with Crippen molar-refractivity contribution in [3.05, 3.63) is 35.4 Å². The second kappa shape index (κ2) is 6.27. The first-order chi connectivity index (χ1) is 10.8. The molecule has 0 saturated heterocycles. The van der Waals surface area contributed by atoms with Crippen LogP contribution in [0.3, 0.4) is 0 Å². The van der Waals surface area contributed by atoms with Crippen molar-refractivity contribution in [1.29, 1.82) is 0 Å². The smallest absolute Gasteiger partial charge is 0.251 e. The Morgan fingerprint density at radius 2 is 1.91 bits per heavy atom. The van der Waals surface area contributed by atoms with Gasteiger partial charge in [-0.2, -0.15) is 0 Å². The van der Waals surface area contributed by atoms with E-state index in [2.05, 4.69) is 12.2 Å². The van der Waals surface area contributed by atoms with E-state index in [4.69, 9.17) is 0 Å². The standard InChI is InChI=1S/C18H25NO3S/c1-12(17-10-14-5-8-16(17)9-14)19-18(20)15-6-3-13(4-7-15)11-23(2,21)22/h3-4,6-7,12,14,16-17H,5,8-11H2,1-2H3,(H,19,20)/t12-,14+,16+,17-/m1/s1. The highest BCUT2D eigenvalue weighted by Gasteiger charge is 2.42. The average Bonchev–Trinajstić information content (AvgIpc) is 3.08. The van der Waals surface area contributed by atoms with Crippen LogP contribution >= 0.6 is 0 Å². The SMILES string of the molecule is C[C@@H](NC(=O)c1ccc(CS(C)(=O)=O)cc1)[C@H]1C[C@H]2CC[C@H]1C2. The largest absolute Gasteiger partial charge is 0.349 e. The molecule has 126 valence electrons. The predicted octanol–water partition coefficient (Wildman–Crippen LogP) is 2.79. The molecule has 23 heavy (non-hydrogen) atoms. The molecule has 2 aliphatic carbocycles. The average molecular weight is 335 g/mol. The maximum absolute atomic E-state index is 12.4. The monoisotopic (exact) mass is 335 g/mol. The van der Waals surface area contributed by atoms with Gasteiger partial charge in [0.1, 0.15) is 0 Å². The van der Waals surface area contributed by atoms with Crippen LogP contribution in [0.1, 0.15) is 48.5 Å². The molecule has 5 heteroatoms. The minimum atomic E-state index is -3.05. The molecule has 3 rings (SSSR count). The fourth-order valence-corrected chi connectivity index (χ4v) is 5.16. The molecule has 0 spiro atoms. The summed E-state index contributed by atoms with van der Waals surface area (Å²) in [6.07, 6.45) is 6.48. The number of benzene rings is 1. The summed E-state index contributed by atoms with van der Waals surface area (Å²) in [5.41, 5.74) is 1.31. The molecule has 0 radical (unpaired) electrons. The van der Waals surface area contributed by atoms with Gasteiger partial charge in [-0.1, -0.05) is 18.6 Å². The number of fused-ring (bicyclic) bond motifs is 2. The number of amides is 1. The van der Waals surface area contributed by atoms with Crippen molar-refractivity contribution in [3.63, 3.8) is 0 Å². The highest BCUT2D eigenvalue weighted by Crippen LogP contribution is 2.49. The van der Waals surface area contributed by atoms with E-state index < -0.39 is 9.84 Å². The zero-order chi connectivity index (χ0) is 16.6. The minimum Gasteiger partial charge on any atom is -0.349 e. The van der Waals surface area contributed by atoms with Crippen LogP contribution in [0.2, 0.25) is 0 Å². The first kappa shape index (κ1) is 16.5. The van der Waals surface area contributed by atoms with Crippen LogP contribution in [0, 0.1) is 17.8 Å². The van der Waals surface area contributed by atoms with Gasteiger partial charge in [-0.05, 0) is 61.6 Å². The molecule has 1 aromatic rings. The molecule has 0 aliphatic heterocycles. The summed E-state index contributed by atoms with van der Waals surface area (Å²) >= 11 is 0. The van der Waals surface area contributed by atoms with Crippen LogP contribution < -0.4 is 5.32 Å². The number of hydrogen-bond donors (Lipinski definition) is 1. The van der Waals surface area contributed by atoms with Gasteiger partial charge >= 0.3 is 0 Å². The van der Waals surface area contributed by atoms with E-state index in [9.17, 15) is 13.2 Å². The third kappa shape index (κ3) is 3.94. The Kier molecular flexibility index (Phi) is 4.50. The van der Waals surface area contributed by atoms with Crippen LogP contribution in [-0.4, -0.2) is 26.6 Å². The zero-order valence-corrected chi connectivity index (χ0v) is 14.6. The Morgan fingerprint density at radius 3 is 2.43 bits per heavy atom. The molecule has 2 fully saturated rings. The Bertz CT molecular complexity index is 681. The summed E-state index contributed by atoms with van der Waals surface area (Å²) in [4.78, 5) is 12.4. The molecule has 1 aromatic carbocycles. The van der Waals surface area contributed by atoms with Crippen molar-refractivity contribution in [2.75, 3.05) is 6.26 Å². The van der Waals surface area contributed by atoms with Crippen molar-refractivity contribution in [3.8, 4) is 0 Å². The molecule has 1 amide bonds. The van der Waals surface area contributed by atoms with E-state index in [1.807, 2.05) is 0 Å². The number of carbonyl (C=O) groups is 1. The van der Waals surface area contributed by atoms with Gasteiger partial charge in [0, 0.05) is 17.9 Å². The summed E-state index contributed by atoms with van der Waals surface area (Å²) in [5.74, 6) is 2.22. The Hall–Kier alpha value is -1.36. The van der Waals surface area contributed by atoms with E-state index in [0.717, 1.165) is 11.8 Å². The molecule has 0 heterocycles. The van der Waals surface area contributed by atoms with Crippen molar-refractivity contribution < 1.29 is 13.2 Å². The fourth-order valence-electron chi connectivity index (χ4n) is 4.36. The Labute approximate surface area is 138 Å². The minimum absolute atomic E-state index is 0.0104. The molecule has 1 N–H and O–H groups in total. The van der Waals surface area contributed by atoms with Crippen LogP contribution in [0.4, 0.5) is 0 Å². The number of hydrogen-bond acceptors (Lipinski definition) is 3. The second-order valence-electron chi connectivity index (χ2n) is 7.37. The van der Waals surface area contributed by atoms with E-state index in [-0.39, 0.29) is 17.7 Å². The normalized spacial score (nSPS) is 27.8. The first-order valence-electron chi connectivity index (χ1n) is 8.39. The summed E-state index contributed by atoms with van der Waals surface area (Å²) in [5, 5.41) is 3.13. The Balaban J connectivity index is 1.59. The van der Waals surface area contributed by atoms with Crippen molar-refractivity contribution in [2.24, 2.45) is 17.8 Å². The molecule has 0 unspecified atom stereocenters. The van der Waals surface area contributed by atoms with Gasteiger partial charge in [-0.15, -0.1) is 0 Å². The molecule has 0 aromatic heterocycles. The fraction of sp³-hybridized carbons (Fsp3) is 0.611. The lowest BCUT2D eigenvalue weighted by atomic mass is 9.84. The summed E-state index contributed by atoms with van der Waals surface area (Å²) in [6.45, 7) is 2.11.